The Morgan fingerprint density at radius 3 is 1.85 bits per heavy atom. The maximum Gasteiger partial charge on any atom is 0.0881 e. The molecule has 3 rings (SSSR count). The summed E-state index contributed by atoms with van der Waals surface area (Å²) in [6.45, 7) is 6.39. The fraction of sp³-hybridized carbons (Fsp3) is 0.500. The molecule has 0 aromatic heterocycles. The van der Waals surface area contributed by atoms with Gasteiger partial charge in [-0.3, -0.25) is 4.90 Å². The van der Waals surface area contributed by atoms with Crippen molar-refractivity contribution in [1.82, 2.24) is 4.90 Å². The Morgan fingerprint density at radius 1 is 0.926 bits per heavy atom. The van der Waals surface area contributed by atoms with Crippen LogP contribution >= 0.6 is 0 Å². The number of rotatable bonds is 8. The van der Waals surface area contributed by atoms with Gasteiger partial charge in [0.1, 0.15) is 0 Å². The number of benzene rings is 2. The fourth-order valence-electron chi connectivity index (χ4n) is 3.92. The zero-order valence-corrected chi connectivity index (χ0v) is 16.7. The van der Waals surface area contributed by atoms with Crippen LogP contribution in [0.4, 0.5) is 0 Å². The molecule has 1 fully saturated rings. The third kappa shape index (κ3) is 6.17. The molecule has 0 amide bonds. The maximum absolute atomic E-state index is 10.9. The lowest BCUT2D eigenvalue weighted by molar-refractivity contribution is -0.0943. The third-order valence-electron chi connectivity index (χ3n) is 5.54. The predicted octanol–water partition coefficient (Wildman–Crippen LogP) is 4.79. The highest BCUT2D eigenvalue weighted by atomic mass is 16.5. The van der Waals surface area contributed by atoms with Gasteiger partial charge in [-0.2, -0.15) is 0 Å². The highest BCUT2D eigenvalue weighted by molar-refractivity contribution is 5.17. The molecule has 3 nitrogen and oxygen atoms in total. The van der Waals surface area contributed by atoms with Crippen LogP contribution in [0, 0.1) is 0 Å². The molecule has 2 aromatic rings. The van der Waals surface area contributed by atoms with Gasteiger partial charge < -0.3 is 9.84 Å². The van der Waals surface area contributed by atoms with Gasteiger partial charge in [0.25, 0.3) is 0 Å². The van der Waals surface area contributed by atoms with Crippen LogP contribution in [0.2, 0.25) is 0 Å². The Kier molecular flexibility index (Phi) is 7.06. The van der Waals surface area contributed by atoms with Crippen molar-refractivity contribution in [3.63, 3.8) is 0 Å². The van der Waals surface area contributed by atoms with E-state index < -0.39 is 5.60 Å². The summed E-state index contributed by atoms with van der Waals surface area (Å²) in [5.41, 5.74) is 2.03. The summed E-state index contributed by atoms with van der Waals surface area (Å²) >= 11 is 0. The van der Waals surface area contributed by atoms with Gasteiger partial charge in [-0.1, -0.05) is 60.7 Å². The van der Waals surface area contributed by atoms with Crippen LogP contribution in [0.15, 0.2) is 60.7 Å². The fourth-order valence-corrected chi connectivity index (χ4v) is 3.92. The molecule has 0 saturated heterocycles. The van der Waals surface area contributed by atoms with E-state index in [2.05, 4.69) is 65.6 Å². The molecule has 3 heteroatoms. The molecule has 1 aliphatic rings. The molecular formula is C24H33NO2. The Balaban J connectivity index is 1.66. The lowest BCUT2D eigenvalue weighted by Crippen LogP contribution is -2.45. The van der Waals surface area contributed by atoms with Crippen LogP contribution < -0.4 is 0 Å². The Morgan fingerprint density at radius 2 is 1.41 bits per heavy atom. The molecule has 0 atom stereocenters. The smallest absolute Gasteiger partial charge is 0.0881 e. The van der Waals surface area contributed by atoms with Gasteiger partial charge in [-0.05, 0) is 50.7 Å². The quantitative estimate of drug-likeness (QED) is 0.728. The Hall–Kier alpha value is -1.68. The van der Waals surface area contributed by atoms with E-state index >= 15 is 0 Å². The molecule has 0 aliphatic heterocycles. The van der Waals surface area contributed by atoms with E-state index in [1.165, 1.54) is 11.1 Å². The topological polar surface area (TPSA) is 32.7 Å². The SMILES string of the molecule is CC(C)OCC1(O)CCC(N(Cc2ccccc2)Cc2ccccc2)CC1. The summed E-state index contributed by atoms with van der Waals surface area (Å²) in [4.78, 5) is 2.58. The predicted molar refractivity (Wildman–Crippen MR) is 110 cm³/mol. The van der Waals surface area contributed by atoms with Crippen molar-refractivity contribution < 1.29 is 9.84 Å². The average molecular weight is 368 g/mol. The molecule has 27 heavy (non-hydrogen) atoms. The monoisotopic (exact) mass is 367 g/mol. The average Bonchev–Trinajstić information content (AvgIpc) is 2.68. The van der Waals surface area contributed by atoms with Crippen LogP contribution in [0.25, 0.3) is 0 Å². The van der Waals surface area contributed by atoms with Crippen LogP contribution in [0.3, 0.4) is 0 Å². The molecule has 2 aromatic carbocycles. The van der Waals surface area contributed by atoms with Crippen LogP contribution in [0.5, 0.6) is 0 Å². The molecule has 146 valence electrons. The van der Waals surface area contributed by atoms with E-state index in [1.807, 2.05) is 13.8 Å². The second-order valence-electron chi connectivity index (χ2n) is 8.19. The summed E-state index contributed by atoms with van der Waals surface area (Å²) in [7, 11) is 0. The highest BCUT2D eigenvalue weighted by Crippen LogP contribution is 2.33. The second-order valence-corrected chi connectivity index (χ2v) is 8.19. The Labute approximate surface area is 164 Å². The summed E-state index contributed by atoms with van der Waals surface area (Å²) in [5.74, 6) is 0. The minimum absolute atomic E-state index is 0.166. The summed E-state index contributed by atoms with van der Waals surface area (Å²) in [6, 6.07) is 21.9. The first-order valence-electron chi connectivity index (χ1n) is 10.2. The minimum Gasteiger partial charge on any atom is -0.387 e. The van der Waals surface area contributed by atoms with Gasteiger partial charge in [-0.25, -0.2) is 0 Å². The molecule has 1 N–H and O–H groups in total. The number of ether oxygens (including phenoxy) is 1. The first-order chi connectivity index (χ1) is 13.0. The molecule has 0 bridgehead atoms. The van der Waals surface area contributed by atoms with E-state index in [1.54, 1.807) is 0 Å². The van der Waals surface area contributed by atoms with Crippen molar-refractivity contribution in [2.24, 2.45) is 0 Å². The molecule has 0 heterocycles. The highest BCUT2D eigenvalue weighted by Gasteiger charge is 2.35. The van der Waals surface area contributed by atoms with E-state index in [4.69, 9.17) is 4.74 Å². The molecule has 0 spiro atoms. The molecule has 1 aliphatic carbocycles. The summed E-state index contributed by atoms with van der Waals surface area (Å²) < 4.78 is 5.71. The van der Waals surface area contributed by atoms with Crippen molar-refractivity contribution in [3.05, 3.63) is 71.8 Å². The van der Waals surface area contributed by atoms with E-state index in [-0.39, 0.29) is 6.10 Å². The number of aliphatic hydroxyl groups is 1. The second kappa shape index (κ2) is 9.50. The first-order valence-corrected chi connectivity index (χ1v) is 10.2. The number of nitrogens with zero attached hydrogens (tertiary/aromatic N) is 1. The Bertz CT molecular complexity index is 622. The van der Waals surface area contributed by atoms with Gasteiger partial charge >= 0.3 is 0 Å². The largest absolute Gasteiger partial charge is 0.387 e. The van der Waals surface area contributed by atoms with Crippen LogP contribution in [0.1, 0.15) is 50.7 Å². The molecule has 0 radical (unpaired) electrons. The van der Waals surface area contributed by atoms with E-state index in [9.17, 15) is 5.11 Å². The number of hydrogen-bond donors (Lipinski definition) is 1. The van der Waals surface area contributed by atoms with Crippen molar-refractivity contribution in [2.45, 2.75) is 70.4 Å². The minimum atomic E-state index is -0.661. The lowest BCUT2D eigenvalue weighted by atomic mass is 9.82. The third-order valence-corrected chi connectivity index (χ3v) is 5.54. The number of hydrogen-bond acceptors (Lipinski definition) is 3. The van der Waals surface area contributed by atoms with Crippen LogP contribution in [-0.4, -0.2) is 34.4 Å². The molecular weight excluding hydrogens is 334 g/mol. The van der Waals surface area contributed by atoms with Crippen molar-refractivity contribution >= 4 is 0 Å². The van der Waals surface area contributed by atoms with Gasteiger partial charge in [0.2, 0.25) is 0 Å². The molecule has 0 unspecified atom stereocenters. The zero-order valence-electron chi connectivity index (χ0n) is 16.7. The van der Waals surface area contributed by atoms with E-state index in [0.29, 0.717) is 12.6 Å². The summed E-state index contributed by atoms with van der Waals surface area (Å²) in [5, 5.41) is 10.9. The standard InChI is InChI=1S/C24H33NO2/c1-20(2)27-19-24(26)15-13-23(14-16-24)25(17-21-9-5-3-6-10-21)18-22-11-7-4-8-12-22/h3-12,20,23,26H,13-19H2,1-2H3. The van der Waals surface area contributed by atoms with Crippen molar-refractivity contribution in [1.29, 1.82) is 0 Å². The summed E-state index contributed by atoms with van der Waals surface area (Å²) in [6.07, 6.45) is 3.81. The van der Waals surface area contributed by atoms with Gasteiger partial charge in [-0.15, -0.1) is 0 Å². The van der Waals surface area contributed by atoms with Gasteiger partial charge in [0.15, 0.2) is 0 Å². The van der Waals surface area contributed by atoms with Gasteiger partial charge in [0.05, 0.1) is 18.3 Å². The van der Waals surface area contributed by atoms with Crippen LogP contribution in [-0.2, 0) is 17.8 Å². The lowest BCUT2D eigenvalue weighted by Gasteiger charge is -2.41. The van der Waals surface area contributed by atoms with Gasteiger partial charge in [0, 0.05) is 19.1 Å². The van der Waals surface area contributed by atoms with E-state index in [0.717, 1.165) is 38.8 Å². The maximum atomic E-state index is 10.9. The van der Waals surface area contributed by atoms with Crippen molar-refractivity contribution in [3.8, 4) is 0 Å². The first kappa shape index (κ1) is 20.1. The van der Waals surface area contributed by atoms with Crippen molar-refractivity contribution in [2.75, 3.05) is 6.61 Å². The normalized spacial score (nSPS) is 23.1. The zero-order chi connectivity index (χ0) is 19.1. The molecule has 1 saturated carbocycles.